The molecule has 0 amide bonds. The second kappa shape index (κ2) is 3.54. The molecule has 0 radical (unpaired) electrons. The van der Waals surface area contributed by atoms with Crippen molar-refractivity contribution in [1.29, 1.82) is 0 Å². The van der Waals surface area contributed by atoms with E-state index in [1.807, 2.05) is 0 Å². The maximum Gasteiger partial charge on any atom is 0.217 e. The van der Waals surface area contributed by atoms with Crippen LogP contribution in [0, 0.1) is 11.8 Å². The second-order valence-corrected chi connectivity index (χ2v) is 4.68. The van der Waals surface area contributed by atoms with Crippen molar-refractivity contribution in [3.05, 3.63) is 0 Å². The summed E-state index contributed by atoms with van der Waals surface area (Å²) in [6.45, 7) is 9.27. The molecule has 0 N–H and O–H groups in total. The molecule has 0 aliphatic rings. The molecule has 0 aliphatic carbocycles. The fraction of sp³-hybridized carbons (Fsp3) is 1.00. The molecule has 0 heterocycles. The molecule has 0 aromatic carbocycles. The third-order valence-corrected chi connectivity index (χ3v) is 4.77. The van der Waals surface area contributed by atoms with E-state index in [1.54, 1.807) is 0 Å². The van der Waals surface area contributed by atoms with Crippen LogP contribution >= 0.6 is 0 Å². The minimum absolute atomic E-state index is 0.904. The highest BCUT2D eigenvalue weighted by molar-refractivity contribution is 6.11. The van der Waals surface area contributed by atoms with Gasteiger partial charge in [-0.25, -0.2) is 0 Å². The summed E-state index contributed by atoms with van der Waals surface area (Å²) in [5.74, 6) is 1.81. The summed E-state index contributed by atoms with van der Waals surface area (Å²) in [4.78, 5) is 0. The highest BCUT2D eigenvalue weighted by Crippen LogP contribution is 2.21. The van der Waals surface area contributed by atoms with Crippen molar-refractivity contribution in [2.45, 2.75) is 32.5 Å². The summed E-state index contributed by atoms with van der Waals surface area (Å²) in [5, 5.41) is 0. The molecule has 0 nitrogen and oxygen atoms in total. The molecular weight excluding hydrogens is 111 g/mol. The van der Waals surface area contributed by atoms with Gasteiger partial charge < -0.3 is 0 Å². The molecule has 48 valence electrons. The molecule has 1 heteroatoms. The van der Waals surface area contributed by atoms with Gasteiger partial charge in [-0.3, -0.25) is 0 Å². The Balaban J connectivity index is 3.46. The van der Waals surface area contributed by atoms with Crippen molar-refractivity contribution in [3.63, 3.8) is 0 Å². The third kappa shape index (κ3) is 2.75. The number of hydrogen-bond donors (Lipinski definition) is 0. The minimum atomic E-state index is 0.904. The maximum atomic E-state index is 2.32. The van der Waals surface area contributed by atoms with Gasteiger partial charge in [-0.2, -0.15) is 0 Å². The van der Waals surface area contributed by atoms with E-state index in [2.05, 4.69) is 27.7 Å². The van der Waals surface area contributed by atoms with Crippen molar-refractivity contribution in [3.8, 4) is 0 Å². The van der Waals surface area contributed by atoms with Crippen LogP contribution in [-0.2, 0) is 0 Å². The molecule has 0 aromatic rings. The lowest BCUT2D eigenvalue weighted by atomic mass is 10.00. The van der Waals surface area contributed by atoms with Gasteiger partial charge in [-0.1, -0.05) is 44.3 Å². The number of hydrogen-bond acceptors (Lipinski definition) is 0. The van der Waals surface area contributed by atoms with Crippen molar-refractivity contribution >= 4 is 16.3 Å². The van der Waals surface area contributed by atoms with Crippen molar-refractivity contribution in [1.82, 2.24) is 0 Å². The van der Waals surface area contributed by atoms with Gasteiger partial charge in [0.1, 0.15) is 0 Å². The van der Waals surface area contributed by atoms with E-state index in [0.29, 0.717) is 0 Å². The molecule has 0 aromatic heterocycles. The Morgan fingerprint density at radius 3 is 1.12 bits per heavy atom. The van der Waals surface area contributed by atoms with Crippen LogP contribution < -0.4 is 0 Å². The highest BCUT2D eigenvalue weighted by atomic mass is 27.0. The van der Waals surface area contributed by atoms with E-state index in [9.17, 15) is 0 Å². The SMILES string of the molecule is CC(C)[CH]([AlH2])C(C)C. The first-order chi connectivity index (χ1) is 3.55. The van der Waals surface area contributed by atoms with Gasteiger partial charge in [-0.15, -0.1) is 0 Å². The van der Waals surface area contributed by atoms with Gasteiger partial charge in [0.15, 0.2) is 0 Å². The summed E-state index contributed by atoms with van der Waals surface area (Å²) in [7, 11) is 0. The van der Waals surface area contributed by atoms with E-state index in [0.717, 1.165) is 16.6 Å². The maximum absolute atomic E-state index is 2.32. The lowest BCUT2D eigenvalue weighted by Gasteiger charge is -2.19. The van der Waals surface area contributed by atoms with Gasteiger partial charge in [-0.05, 0) is 0 Å². The average molecular weight is 128 g/mol. The van der Waals surface area contributed by atoms with E-state index < -0.39 is 0 Å². The largest absolute Gasteiger partial charge is 0.217 e. The number of rotatable bonds is 2. The summed E-state index contributed by atoms with van der Waals surface area (Å²) >= 11 is 1.36. The minimum Gasteiger partial charge on any atom is -0.0858 e. The Labute approximate surface area is 61.1 Å². The van der Waals surface area contributed by atoms with E-state index in [-0.39, 0.29) is 0 Å². The lowest BCUT2D eigenvalue weighted by molar-refractivity contribution is 0.469. The highest BCUT2D eigenvalue weighted by Gasteiger charge is 2.09. The van der Waals surface area contributed by atoms with Crippen molar-refractivity contribution in [2.75, 3.05) is 0 Å². The monoisotopic (exact) mass is 128 g/mol. The Morgan fingerprint density at radius 1 is 0.875 bits per heavy atom. The van der Waals surface area contributed by atoms with Crippen LogP contribution in [0.4, 0.5) is 0 Å². The normalized spacial score (nSPS) is 11.9. The fourth-order valence-corrected chi connectivity index (χ4v) is 0.770. The van der Waals surface area contributed by atoms with E-state index in [1.165, 1.54) is 16.3 Å². The summed E-state index contributed by atoms with van der Waals surface area (Å²) in [6, 6.07) is 0. The molecule has 0 saturated carbocycles. The Bertz CT molecular complexity index is 49.4. The molecule has 0 atom stereocenters. The van der Waals surface area contributed by atoms with Crippen LogP contribution in [0.5, 0.6) is 0 Å². The van der Waals surface area contributed by atoms with Crippen LogP contribution in [0.1, 0.15) is 27.7 Å². The Hall–Kier alpha value is 0.532. The lowest BCUT2D eigenvalue weighted by Crippen LogP contribution is -2.08. The van der Waals surface area contributed by atoms with Crippen LogP contribution in [0.15, 0.2) is 0 Å². The zero-order valence-corrected chi connectivity index (χ0v) is 8.73. The topological polar surface area (TPSA) is 0 Å². The summed E-state index contributed by atoms with van der Waals surface area (Å²) in [6.07, 6.45) is 0. The zero-order chi connectivity index (χ0) is 6.73. The van der Waals surface area contributed by atoms with Crippen molar-refractivity contribution in [2.24, 2.45) is 11.8 Å². The zero-order valence-electron chi connectivity index (χ0n) is 6.73. The van der Waals surface area contributed by atoms with Gasteiger partial charge in [0, 0.05) is 0 Å². The second-order valence-electron chi connectivity index (χ2n) is 3.35. The standard InChI is InChI=1S/C7H15.Al.2H/c1-6(2)5-7(3)4;;;/h5-7H,1-4H3;;;. The molecule has 0 bridgehead atoms. The smallest absolute Gasteiger partial charge is 0.0858 e. The average Bonchev–Trinajstić information content (AvgIpc) is 1.64. The predicted octanol–water partition coefficient (Wildman–Crippen LogP) is 1.72. The molecule has 0 unspecified atom stereocenters. The first-order valence-electron chi connectivity index (χ1n) is 3.55. The van der Waals surface area contributed by atoms with Crippen LogP contribution in [-0.4, -0.2) is 16.3 Å². The third-order valence-electron chi connectivity index (χ3n) is 2.10. The van der Waals surface area contributed by atoms with Gasteiger partial charge >= 0.3 is 0 Å². The Kier molecular flexibility index (Phi) is 3.77. The molecular formula is C7H17Al. The first kappa shape index (κ1) is 8.53. The molecule has 0 saturated heterocycles. The van der Waals surface area contributed by atoms with Crippen molar-refractivity contribution < 1.29 is 0 Å². The molecule has 0 aliphatic heterocycles. The predicted molar refractivity (Wildman–Crippen MR) is 42.0 cm³/mol. The van der Waals surface area contributed by atoms with Crippen LogP contribution in [0.2, 0.25) is 4.78 Å². The fourth-order valence-electron chi connectivity index (χ4n) is 0.770. The van der Waals surface area contributed by atoms with Gasteiger partial charge in [0.2, 0.25) is 16.3 Å². The van der Waals surface area contributed by atoms with Crippen LogP contribution in [0.25, 0.3) is 0 Å². The van der Waals surface area contributed by atoms with E-state index in [4.69, 9.17) is 0 Å². The first-order valence-corrected chi connectivity index (χ1v) is 4.71. The molecule has 0 spiro atoms. The molecule has 0 fully saturated rings. The summed E-state index contributed by atoms with van der Waals surface area (Å²) in [5.41, 5.74) is 0. The Morgan fingerprint density at radius 2 is 1.12 bits per heavy atom. The summed E-state index contributed by atoms with van der Waals surface area (Å²) < 4.78 is 1.01. The van der Waals surface area contributed by atoms with Gasteiger partial charge in [0.05, 0.1) is 0 Å². The van der Waals surface area contributed by atoms with E-state index >= 15 is 0 Å². The van der Waals surface area contributed by atoms with Gasteiger partial charge in [0.25, 0.3) is 0 Å². The quantitative estimate of drug-likeness (QED) is 0.497. The molecule has 0 rings (SSSR count). The van der Waals surface area contributed by atoms with Crippen LogP contribution in [0.3, 0.4) is 0 Å². The molecule has 8 heavy (non-hydrogen) atoms.